The lowest BCUT2D eigenvalue weighted by Gasteiger charge is -2.46. The average molecular weight is 895 g/mol. The molecular formula is C22H23Br7O3. The zero-order valence-corrected chi connectivity index (χ0v) is 28.4. The van der Waals surface area contributed by atoms with E-state index in [-0.39, 0.29) is 10.7 Å². The van der Waals surface area contributed by atoms with Gasteiger partial charge in [-0.3, -0.25) is 0 Å². The Balaban J connectivity index is 2.47. The van der Waals surface area contributed by atoms with Gasteiger partial charge in [0.15, 0.2) is 2.14 Å². The molecule has 0 fully saturated rings. The summed E-state index contributed by atoms with van der Waals surface area (Å²) in [6.45, 7) is 4.95. The van der Waals surface area contributed by atoms with E-state index in [1.807, 2.05) is 42.5 Å². The van der Waals surface area contributed by atoms with E-state index in [0.29, 0.717) is 24.3 Å². The van der Waals surface area contributed by atoms with Gasteiger partial charge in [-0.1, -0.05) is 136 Å². The Hall–Kier alpha value is 1.52. The molecule has 32 heavy (non-hydrogen) atoms. The van der Waals surface area contributed by atoms with Crippen molar-refractivity contribution in [3.63, 3.8) is 0 Å². The summed E-state index contributed by atoms with van der Waals surface area (Å²) in [4.78, 5) is 0.0657. The van der Waals surface area contributed by atoms with Gasteiger partial charge >= 0.3 is 4.70 Å². The van der Waals surface area contributed by atoms with Crippen LogP contribution in [-0.2, 0) is 9.47 Å². The Morgan fingerprint density at radius 1 is 0.812 bits per heavy atom. The van der Waals surface area contributed by atoms with E-state index < -0.39 is 11.3 Å². The van der Waals surface area contributed by atoms with Crippen LogP contribution in [0.15, 0.2) is 54.6 Å². The fraction of sp³-hybridized carbons (Fsp3) is 0.455. The molecule has 10 heteroatoms. The van der Waals surface area contributed by atoms with Crippen molar-refractivity contribution in [2.24, 2.45) is 5.92 Å². The lowest BCUT2D eigenvalue weighted by Crippen LogP contribution is -2.60. The summed E-state index contributed by atoms with van der Waals surface area (Å²) in [5.41, 5.74) is 2.12. The minimum Gasteiger partial charge on any atom is -0.449 e. The molecule has 0 saturated carbocycles. The Bertz CT molecular complexity index is 847. The second kappa shape index (κ2) is 13.2. The van der Waals surface area contributed by atoms with Crippen LogP contribution in [0.25, 0.3) is 11.1 Å². The first kappa shape index (κ1) is 29.7. The molecule has 0 heterocycles. The maximum absolute atomic E-state index is 6.48. The van der Waals surface area contributed by atoms with Crippen molar-refractivity contribution in [1.29, 1.82) is 0 Å². The minimum atomic E-state index is -1.44. The van der Waals surface area contributed by atoms with E-state index >= 15 is 0 Å². The van der Waals surface area contributed by atoms with E-state index in [9.17, 15) is 0 Å². The predicted octanol–water partition coefficient (Wildman–Crippen LogP) is 9.56. The van der Waals surface area contributed by atoms with Gasteiger partial charge in [0.1, 0.15) is 5.75 Å². The minimum absolute atomic E-state index is 0.0657. The Labute approximate surface area is 249 Å². The highest BCUT2D eigenvalue weighted by molar-refractivity contribution is 9.40. The number of alkyl halides is 7. The number of rotatable bonds is 11. The van der Waals surface area contributed by atoms with Crippen molar-refractivity contribution >= 4 is 112 Å². The summed E-state index contributed by atoms with van der Waals surface area (Å²) in [5, 5.41) is 0.712. The van der Waals surface area contributed by atoms with E-state index in [1.165, 1.54) is 0 Å². The molecule has 0 aliphatic carbocycles. The quantitative estimate of drug-likeness (QED) is 0.166. The second-order valence-electron chi connectivity index (χ2n) is 7.39. The molecule has 0 N–H and O–H groups in total. The molecule has 2 aromatic rings. The van der Waals surface area contributed by atoms with Crippen LogP contribution in [0.3, 0.4) is 0 Å². The maximum atomic E-state index is 6.48. The lowest BCUT2D eigenvalue weighted by molar-refractivity contribution is -0.194. The number of benzene rings is 2. The van der Waals surface area contributed by atoms with Crippen molar-refractivity contribution in [1.82, 2.24) is 0 Å². The summed E-state index contributed by atoms with van der Waals surface area (Å²) in [6.07, 6.45) is 0. The molecule has 2 aromatic carbocycles. The SMILES string of the molecule is CC(C)COC(Br)(C(Br)(Br)Br)C(Br)(OCC(Br)CBr)Oc1cccc(-c2ccccc2)c1. The molecule has 0 saturated heterocycles. The number of halogens is 7. The van der Waals surface area contributed by atoms with Crippen LogP contribution in [0.4, 0.5) is 0 Å². The second-order valence-corrected chi connectivity index (χ2v) is 18.3. The predicted molar refractivity (Wildman–Crippen MR) is 159 cm³/mol. The summed E-state index contributed by atoms with van der Waals surface area (Å²) in [5.74, 6) is 0.897. The monoisotopic (exact) mass is 888 g/mol. The van der Waals surface area contributed by atoms with E-state index in [4.69, 9.17) is 14.2 Å². The Kier molecular flexibility index (Phi) is 12.2. The van der Waals surface area contributed by atoms with Crippen LogP contribution < -0.4 is 4.74 Å². The maximum Gasteiger partial charge on any atom is 0.311 e. The number of hydrogen-bond acceptors (Lipinski definition) is 3. The fourth-order valence-electron chi connectivity index (χ4n) is 2.57. The molecule has 178 valence electrons. The van der Waals surface area contributed by atoms with Crippen molar-refractivity contribution < 1.29 is 14.2 Å². The molecule has 3 atom stereocenters. The Morgan fingerprint density at radius 2 is 1.44 bits per heavy atom. The van der Waals surface area contributed by atoms with E-state index in [1.54, 1.807) is 0 Å². The highest BCUT2D eigenvalue weighted by atomic mass is 80.0. The van der Waals surface area contributed by atoms with Crippen molar-refractivity contribution in [3.05, 3.63) is 54.6 Å². The van der Waals surface area contributed by atoms with Gasteiger partial charge in [0.2, 0.25) is 4.51 Å². The summed E-state index contributed by atoms with van der Waals surface area (Å²) < 4.78 is 15.5. The lowest BCUT2D eigenvalue weighted by atomic mass is 10.1. The molecule has 3 nitrogen and oxygen atoms in total. The normalized spacial score (nSPS) is 16.9. The molecule has 0 aliphatic heterocycles. The highest BCUT2D eigenvalue weighted by Gasteiger charge is 2.64. The van der Waals surface area contributed by atoms with Crippen molar-refractivity contribution in [2.45, 2.75) is 30.0 Å². The number of hydrogen-bond donors (Lipinski definition) is 0. The molecule has 2 rings (SSSR count). The molecule has 0 spiro atoms. The van der Waals surface area contributed by atoms with Crippen molar-refractivity contribution in [3.8, 4) is 16.9 Å². The molecule has 0 aromatic heterocycles. The van der Waals surface area contributed by atoms with Gasteiger partial charge in [0, 0.05) is 10.2 Å². The van der Waals surface area contributed by atoms with Gasteiger partial charge < -0.3 is 14.2 Å². The first-order valence-corrected chi connectivity index (χ1v) is 15.7. The molecule has 0 radical (unpaired) electrons. The molecule has 3 unspecified atom stereocenters. The van der Waals surface area contributed by atoms with Gasteiger partial charge in [-0.25, -0.2) is 0 Å². The van der Waals surface area contributed by atoms with Gasteiger partial charge in [-0.05, 0) is 61.0 Å². The van der Waals surface area contributed by atoms with Crippen LogP contribution in [-0.4, -0.2) is 34.7 Å². The summed E-state index contributed by atoms with van der Waals surface area (Å²) in [6, 6.07) is 18.0. The summed E-state index contributed by atoms with van der Waals surface area (Å²) >= 11 is 25.4. The van der Waals surface area contributed by atoms with Crippen LogP contribution in [0, 0.1) is 5.92 Å². The molecule has 0 amide bonds. The van der Waals surface area contributed by atoms with Crippen molar-refractivity contribution in [2.75, 3.05) is 18.5 Å². The third-order valence-corrected chi connectivity index (χ3v) is 12.5. The average Bonchev–Trinajstić information content (AvgIpc) is 2.75. The van der Waals surface area contributed by atoms with Crippen LogP contribution in [0.1, 0.15) is 13.8 Å². The third kappa shape index (κ3) is 8.02. The molecule has 0 bridgehead atoms. The van der Waals surface area contributed by atoms with Gasteiger partial charge in [0.25, 0.3) is 0 Å². The van der Waals surface area contributed by atoms with Crippen LogP contribution >= 0.6 is 112 Å². The Morgan fingerprint density at radius 3 is 2.00 bits per heavy atom. The van der Waals surface area contributed by atoms with Gasteiger partial charge in [-0.15, -0.1) is 0 Å². The first-order chi connectivity index (χ1) is 14.9. The van der Waals surface area contributed by atoms with E-state index in [0.717, 1.165) is 11.1 Å². The summed E-state index contributed by atoms with van der Waals surface area (Å²) in [7, 11) is 0. The number of ether oxygens (including phenoxy) is 3. The zero-order valence-electron chi connectivity index (χ0n) is 17.3. The molecular weight excluding hydrogens is 872 g/mol. The largest absolute Gasteiger partial charge is 0.449 e. The van der Waals surface area contributed by atoms with Gasteiger partial charge in [0.05, 0.1) is 13.2 Å². The van der Waals surface area contributed by atoms with E-state index in [2.05, 4.69) is 137 Å². The first-order valence-electron chi connectivity index (χ1n) is 9.69. The van der Waals surface area contributed by atoms with Crippen LogP contribution in [0.5, 0.6) is 5.75 Å². The zero-order chi connectivity index (χ0) is 24.0. The third-order valence-electron chi connectivity index (χ3n) is 4.17. The smallest absolute Gasteiger partial charge is 0.311 e. The van der Waals surface area contributed by atoms with Crippen LogP contribution in [0.2, 0.25) is 0 Å². The topological polar surface area (TPSA) is 27.7 Å². The fourth-order valence-corrected chi connectivity index (χ4v) is 5.87. The standard InChI is InChI=1S/C22H23Br7O3/c1-15(2)13-30-20(25,21(26,27)28)22(29,31-14-18(24)12-23)32-19-10-6-9-17(11-19)16-7-4-3-5-8-16/h3-11,15,18H,12-14H2,1-2H3. The molecule has 0 aliphatic rings. The highest BCUT2D eigenvalue weighted by Crippen LogP contribution is 2.58. The van der Waals surface area contributed by atoms with Gasteiger partial charge in [-0.2, -0.15) is 0 Å².